The van der Waals surface area contributed by atoms with Gasteiger partial charge in [0.2, 0.25) is 0 Å². The normalized spacial score (nSPS) is 11.1. The number of benzene rings is 1. The molecule has 0 atom stereocenters. The Morgan fingerprint density at radius 1 is 1.40 bits per heavy atom. The van der Waals surface area contributed by atoms with Crippen molar-refractivity contribution >= 4 is 5.69 Å². The predicted octanol–water partition coefficient (Wildman–Crippen LogP) is 3.42. The highest BCUT2D eigenvalue weighted by atomic mass is 14.5. The van der Waals surface area contributed by atoms with E-state index in [1.165, 1.54) is 11.1 Å². The molecule has 0 aliphatic rings. The van der Waals surface area contributed by atoms with Gasteiger partial charge in [-0.25, -0.2) is 0 Å². The molecule has 78 valence electrons. The second-order valence-corrected chi connectivity index (χ2v) is 3.54. The van der Waals surface area contributed by atoms with Crippen LogP contribution in [0.25, 0.3) is 0 Å². The van der Waals surface area contributed by atoms with Crippen molar-refractivity contribution < 1.29 is 0 Å². The summed E-state index contributed by atoms with van der Waals surface area (Å²) in [6, 6.07) is 5.97. The molecule has 0 heterocycles. The fourth-order valence-corrected chi connectivity index (χ4v) is 1.45. The monoisotopic (exact) mass is 199 g/mol. The van der Waals surface area contributed by atoms with Gasteiger partial charge in [-0.2, -0.15) is 0 Å². The summed E-state index contributed by atoms with van der Waals surface area (Å²) in [5.41, 5.74) is 10.2. The topological polar surface area (TPSA) is 26.0 Å². The summed E-state index contributed by atoms with van der Waals surface area (Å²) in [5, 5.41) is 0. The van der Waals surface area contributed by atoms with Gasteiger partial charge in [0.05, 0.1) is 0 Å². The minimum absolute atomic E-state index is 0.803. The average molecular weight is 199 g/mol. The first-order valence-electron chi connectivity index (χ1n) is 4.96. The number of hydrogen-bond donors (Lipinski definition) is 1. The molecular weight excluding hydrogens is 182 g/mol. The molecule has 0 aliphatic heterocycles. The smallest absolute Gasteiger partial charge is 0.0317 e. The summed E-state index contributed by atoms with van der Waals surface area (Å²) in [7, 11) is 0. The molecule has 0 amide bonds. The number of nitrogens with two attached hydrogens (primary N) is 1. The van der Waals surface area contributed by atoms with Gasteiger partial charge in [0, 0.05) is 5.69 Å². The van der Waals surface area contributed by atoms with Gasteiger partial charge in [-0.05, 0) is 42.2 Å². The number of hydrogen-bond acceptors (Lipinski definition) is 1. The molecular formula is C14H17N. The van der Waals surface area contributed by atoms with Gasteiger partial charge < -0.3 is 5.73 Å². The Hall–Kier alpha value is -1.76. The SMILES string of the molecule is C=C/C=C(\C=C)Cc1cc(N)ccc1C. The molecule has 0 saturated heterocycles. The molecule has 0 bridgehead atoms. The van der Waals surface area contributed by atoms with Crippen molar-refractivity contribution in [1.82, 2.24) is 0 Å². The molecule has 1 heteroatoms. The van der Waals surface area contributed by atoms with E-state index in [1.807, 2.05) is 30.4 Å². The van der Waals surface area contributed by atoms with Crippen LogP contribution in [0.2, 0.25) is 0 Å². The Balaban J connectivity index is 2.97. The van der Waals surface area contributed by atoms with E-state index in [1.54, 1.807) is 6.08 Å². The maximum atomic E-state index is 5.75. The zero-order valence-corrected chi connectivity index (χ0v) is 9.16. The molecule has 0 fully saturated rings. The molecule has 0 aliphatic carbocycles. The van der Waals surface area contributed by atoms with Gasteiger partial charge in [0.25, 0.3) is 0 Å². The zero-order chi connectivity index (χ0) is 11.3. The van der Waals surface area contributed by atoms with E-state index in [-0.39, 0.29) is 0 Å². The Labute approximate surface area is 91.6 Å². The van der Waals surface area contributed by atoms with Crippen molar-refractivity contribution in [3.63, 3.8) is 0 Å². The van der Waals surface area contributed by atoms with Crippen LogP contribution in [-0.2, 0) is 6.42 Å². The number of rotatable bonds is 4. The van der Waals surface area contributed by atoms with Gasteiger partial charge in [-0.1, -0.05) is 37.5 Å². The number of allylic oxidation sites excluding steroid dienone is 4. The van der Waals surface area contributed by atoms with Crippen molar-refractivity contribution in [2.24, 2.45) is 0 Å². The summed E-state index contributed by atoms with van der Waals surface area (Å²) in [6.07, 6.45) is 6.45. The van der Waals surface area contributed by atoms with Crippen LogP contribution in [0.3, 0.4) is 0 Å². The lowest BCUT2D eigenvalue weighted by molar-refractivity contribution is 1.16. The summed E-state index contributed by atoms with van der Waals surface area (Å²) in [6.45, 7) is 9.55. The zero-order valence-electron chi connectivity index (χ0n) is 9.16. The van der Waals surface area contributed by atoms with Crippen LogP contribution < -0.4 is 5.73 Å². The van der Waals surface area contributed by atoms with Crippen molar-refractivity contribution in [3.05, 3.63) is 66.3 Å². The molecule has 1 aromatic rings. The fourth-order valence-electron chi connectivity index (χ4n) is 1.45. The first kappa shape index (κ1) is 11.3. The van der Waals surface area contributed by atoms with Crippen LogP contribution in [0.4, 0.5) is 5.69 Å². The lowest BCUT2D eigenvalue weighted by Gasteiger charge is -2.07. The third-order valence-electron chi connectivity index (χ3n) is 2.36. The third kappa shape index (κ3) is 3.13. The van der Waals surface area contributed by atoms with Crippen LogP contribution in [-0.4, -0.2) is 0 Å². The highest BCUT2D eigenvalue weighted by molar-refractivity contribution is 5.46. The Bertz CT molecular complexity index is 400. The summed E-state index contributed by atoms with van der Waals surface area (Å²) in [5.74, 6) is 0. The van der Waals surface area contributed by atoms with E-state index in [2.05, 4.69) is 20.1 Å². The Kier molecular flexibility index (Phi) is 3.92. The van der Waals surface area contributed by atoms with E-state index in [9.17, 15) is 0 Å². The second-order valence-electron chi connectivity index (χ2n) is 3.54. The van der Waals surface area contributed by atoms with E-state index in [4.69, 9.17) is 5.73 Å². The molecule has 0 aromatic heterocycles. The van der Waals surface area contributed by atoms with Crippen LogP contribution in [0.1, 0.15) is 11.1 Å². The van der Waals surface area contributed by atoms with Gasteiger partial charge in [0.15, 0.2) is 0 Å². The lowest BCUT2D eigenvalue weighted by atomic mass is 10.00. The molecule has 1 nitrogen and oxygen atoms in total. The van der Waals surface area contributed by atoms with Gasteiger partial charge in [0.1, 0.15) is 0 Å². The van der Waals surface area contributed by atoms with E-state index in [0.29, 0.717) is 0 Å². The molecule has 2 N–H and O–H groups in total. The van der Waals surface area contributed by atoms with Crippen molar-refractivity contribution in [2.75, 3.05) is 5.73 Å². The number of nitrogen functional groups attached to an aromatic ring is 1. The molecule has 15 heavy (non-hydrogen) atoms. The number of anilines is 1. The van der Waals surface area contributed by atoms with Crippen molar-refractivity contribution in [1.29, 1.82) is 0 Å². The van der Waals surface area contributed by atoms with Crippen LogP contribution >= 0.6 is 0 Å². The first-order chi connectivity index (χ1) is 7.17. The quantitative estimate of drug-likeness (QED) is 0.583. The highest BCUT2D eigenvalue weighted by Crippen LogP contribution is 2.17. The number of aryl methyl sites for hydroxylation is 1. The fraction of sp³-hybridized carbons (Fsp3) is 0.143. The predicted molar refractivity (Wildman–Crippen MR) is 67.8 cm³/mol. The summed E-state index contributed by atoms with van der Waals surface area (Å²) < 4.78 is 0. The van der Waals surface area contributed by atoms with Crippen molar-refractivity contribution in [2.45, 2.75) is 13.3 Å². The third-order valence-corrected chi connectivity index (χ3v) is 2.36. The van der Waals surface area contributed by atoms with Gasteiger partial charge in [-0.15, -0.1) is 0 Å². The molecule has 0 unspecified atom stereocenters. The van der Waals surface area contributed by atoms with E-state index >= 15 is 0 Å². The maximum absolute atomic E-state index is 5.75. The summed E-state index contributed by atoms with van der Waals surface area (Å²) in [4.78, 5) is 0. The largest absolute Gasteiger partial charge is 0.399 e. The van der Waals surface area contributed by atoms with Crippen LogP contribution in [0.5, 0.6) is 0 Å². The lowest BCUT2D eigenvalue weighted by Crippen LogP contribution is -1.94. The standard InChI is InChI=1S/C14H17N/c1-4-6-12(5-2)9-13-10-14(15)8-7-11(13)3/h4-8,10H,1-2,9,15H2,3H3/b12-6+. The van der Waals surface area contributed by atoms with Crippen molar-refractivity contribution in [3.8, 4) is 0 Å². The second kappa shape index (κ2) is 5.20. The van der Waals surface area contributed by atoms with Gasteiger partial charge in [-0.3, -0.25) is 0 Å². The summed E-state index contributed by atoms with van der Waals surface area (Å²) >= 11 is 0. The molecule has 0 spiro atoms. The van der Waals surface area contributed by atoms with Crippen LogP contribution in [0.15, 0.2) is 55.2 Å². The average Bonchev–Trinajstić information content (AvgIpc) is 2.22. The Morgan fingerprint density at radius 2 is 2.13 bits per heavy atom. The highest BCUT2D eigenvalue weighted by Gasteiger charge is 2.00. The molecule has 0 radical (unpaired) electrons. The van der Waals surface area contributed by atoms with Gasteiger partial charge >= 0.3 is 0 Å². The van der Waals surface area contributed by atoms with Crippen LogP contribution in [0, 0.1) is 6.92 Å². The van der Waals surface area contributed by atoms with E-state index in [0.717, 1.165) is 17.7 Å². The maximum Gasteiger partial charge on any atom is 0.0317 e. The van der Waals surface area contributed by atoms with E-state index < -0.39 is 0 Å². The molecule has 0 saturated carbocycles. The first-order valence-corrected chi connectivity index (χ1v) is 4.96. The Morgan fingerprint density at radius 3 is 2.73 bits per heavy atom. The minimum atomic E-state index is 0.803. The molecule has 1 rings (SSSR count). The molecule has 1 aromatic carbocycles. The minimum Gasteiger partial charge on any atom is -0.399 e.